The molecule has 0 spiro atoms. The molecule has 0 bridgehead atoms. The van der Waals surface area contributed by atoms with E-state index in [0.29, 0.717) is 41.9 Å². The monoisotopic (exact) mass is 448 g/mol. The Hall–Kier alpha value is -3.14. The number of carbonyl (C=O) groups is 3. The summed E-state index contributed by atoms with van der Waals surface area (Å²) in [5, 5.41) is 0. The number of aryl methyl sites for hydroxylation is 2. The highest BCUT2D eigenvalue weighted by atomic mass is 32.2. The molecule has 1 aromatic carbocycles. The standard InChI is InChI=1S/C21H24N2O7S/c1-12-18(20(25)29-3)13(2)22-19(12)21(26)30-11-17(24)15-7-8-16-14(10-15)6-5-9-23(16)31(4,27)28/h7-8,10,22H,5-6,9,11H2,1-4H3. The van der Waals surface area contributed by atoms with Crippen LogP contribution in [-0.2, 0) is 25.9 Å². The Morgan fingerprint density at radius 2 is 1.87 bits per heavy atom. The van der Waals surface area contributed by atoms with Gasteiger partial charge < -0.3 is 14.5 Å². The number of nitrogens with zero attached hydrogens (tertiary/aromatic N) is 1. The average molecular weight is 448 g/mol. The maximum atomic E-state index is 12.6. The van der Waals surface area contributed by atoms with Crippen molar-refractivity contribution >= 4 is 33.4 Å². The normalized spacial score (nSPS) is 13.5. The van der Waals surface area contributed by atoms with E-state index < -0.39 is 34.4 Å². The van der Waals surface area contributed by atoms with Gasteiger partial charge in [0.15, 0.2) is 12.4 Å². The Balaban J connectivity index is 1.73. The van der Waals surface area contributed by atoms with Gasteiger partial charge in [-0.05, 0) is 56.0 Å². The number of nitrogens with one attached hydrogen (secondary N) is 1. The van der Waals surface area contributed by atoms with Gasteiger partial charge in [0, 0.05) is 17.8 Å². The number of H-pyrrole nitrogens is 1. The van der Waals surface area contributed by atoms with Crippen LogP contribution in [-0.4, -0.2) is 57.6 Å². The fraction of sp³-hybridized carbons (Fsp3) is 0.381. The fourth-order valence-electron chi connectivity index (χ4n) is 3.73. The molecule has 2 heterocycles. The number of ketones is 1. The molecule has 10 heteroatoms. The molecule has 1 aromatic heterocycles. The lowest BCUT2D eigenvalue weighted by Gasteiger charge is -2.29. The van der Waals surface area contributed by atoms with Gasteiger partial charge in [0.25, 0.3) is 0 Å². The van der Waals surface area contributed by atoms with Crippen LogP contribution in [0.2, 0.25) is 0 Å². The zero-order valence-corrected chi connectivity index (χ0v) is 18.6. The summed E-state index contributed by atoms with van der Waals surface area (Å²) in [5.74, 6) is -1.74. The molecular formula is C21H24N2O7S. The number of methoxy groups -OCH3 is 1. The third kappa shape index (κ3) is 4.48. The lowest BCUT2D eigenvalue weighted by molar-refractivity contribution is 0.0468. The SMILES string of the molecule is COC(=O)c1c(C)[nH]c(C(=O)OCC(=O)c2ccc3c(c2)CCCN3S(C)(=O)=O)c1C. The number of sulfonamides is 1. The van der Waals surface area contributed by atoms with Crippen molar-refractivity contribution in [1.29, 1.82) is 0 Å². The summed E-state index contributed by atoms with van der Waals surface area (Å²) in [5.41, 5.74) is 2.84. The molecule has 0 atom stereocenters. The largest absolute Gasteiger partial charge is 0.465 e. The zero-order chi connectivity index (χ0) is 22.9. The number of esters is 2. The van der Waals surface area contributed by atoms with Gasteiger partial charge in [-0.1, -0.05) is 0 Å². The zero-order valence-electron chi connectivity index (χ0n) is 17.8. The van der Waals surface area contributed by atoms with Crippen molar-refractivity contribution in [3.8, 4) is 0 Å². The van der Waals surface area contributed by atoms with Crippen LogP contribution in [0.15, 0.2) is 18.2 Å². The van der Waals surface area contributed by atoms with E-state index in [-0.39, 0.29) is 11.3 Å². The van der Waals surface area contributed by atoms with Gasteiger partial charge in [-0.15, -0.1) is 0 Å². The van der Waals surface area contributed by atoms with Gasteiger partial charge in [-0.25, -0.2) is 18.0 Å². The quantitative estimate of drug-likeness (QED) is 0.531. The predicted octanol–water partition coefficient (Wildman–Crippen LogP) is 2.17. The Labute approximate surface area is 180 Å². The van der Waals surface area contributed by atoms with Crippen LogP contribution in [0.4, 0.5) is 5.69 Å². The number of ether oxygens (including phenoxy) is 2. The summed E-state index contributed by atoms with van der Waals surface area (Å²) in [6, 6.07) is 4.77. The molecule has 9 nitrogen and oxygen atoms in total. The first-order valence-electron chi connectivity index (χ1n) is 9.63. The van der Waals surface area contributed by atoms with Crippen molar-refractivity contribution in [2.24, 2.45) is 0 Å². The van der Waals surface area contributed by atoms with Gasteiger partial charge in [-0.3, -0.25) is 9.10 Å². The minimum Gasteiger partial charge on any atom is -0.465 e. The van der Waals surface area contributed by atoms with Crippen LogP contribution in [0, 0.1) is 13.8 Å². The van der Waals surface area contributed by atoms with Crippen LogP contribution >= 0.6 is 0 Å². The Kier molecular flexibility index (Phi) is 6.21. The fourth-order valence-corrected chi connectivity index (χ4v) is 4.73. The Morgan fingerprint density at radius 3 is 2.52 bits per heavy atom. The van der Waals surface area contributed by atoms with Crippen LogP contribution in [0.3, 0.4) is 0 Å². The molecule has 0 unspecified atom stereocenters. The van der Waals surface area contributed by atoms with E-state index in [0.717, 1.165) is 11.8 Å². The molecule has 0 radical (unpaired) electrons. The number of anilines is 1. The summed E-state index contributed by atoms with van der Waals surface area (Å²) < 4.78 is 35.1. The third-order valence-corrected chi connectivity index (χ3v) is 6.42. The average Bonchev–Trinajstić information content (AvgIpc) is 3.03. The first-order valence-corrected chi connectivity index (χ1v) is 11.5. The Bertz CT molecular complexity index is 1160. The van der Waals surface area contributed by atoms with Crippen molar-refractivity contribution in [1.82, 2.24) is 4.98 Å². The number of fused-ring (bicyclic) bond motifs is 1. The highest BCUT2D eigenvalue weighted by Crippen LogP contribution is 2.30. The number of hydrogen-bond donors (Lipinski definition) is 1. The minimum absolute atomic E-state index is 0.0833. The molecule has 1 N–H and O–H groups in total. The van der Waals surface area contributed by atoms with Crippen molar-refractivity contribution in [3.05, 3.63) is 51.8 Å². The second-order valence-electron chi connectivity index (χ2n) is 7.40. The third-order valence-electron chi connectivity index (χ3n) is 5.24. The summed E-state index contributed by atoms with van der Waals surface area (Å²) in [4.78, 5) is 39.7. The van der Waals surface area contributed by atoms with Gasteiger partial charge in [0.05, 0.1) is 24.6 Å². The van der Waals surface area contributed by atoms with Gasteiger partial charge in [0.1, 0.15) is 5.69 Å². The first kappa shape index (κ1) is 22.5. The summed E-state index contributed by atoms with van der Waals surface area (Å²) in [7, 11) is -2.15. The van der Waals surface area contributed by atoms with E-state index in [4.69, 9.17) is 9.47 Å². The van der Waals surface area contributed by atoms with E-state index in [1.807, 2.05) is 0 Å². The number of aromatic nitrogens is 1. The summed E-state index contributed by atoms with van der Waals surface area (Å²) in [6.45, 7) is 3.14. The molecule has 3 rings (SSSR count). The number of benzene rings is 1. The van der Waals surface area contributed by atoms with Crippen molar-refractivity contribution in [3.63, 3.8) is 0 Å². The van der Waals surface area contributed by atoms with E-state index in [2.05, 4.69) is 4.98 Å². The molecule has 1 aliphatic heterocycles. The van der Waals surface area contributed by atoms with Crippen LogP contribution in [0.5, 0.6) is 0 Å². The van der Waals surface area contributed by atoms with Crippen molar-refractivity contribution in [2.75, 3.05) is 30.8 Å². The highest BCUT2D eigenvalue weighted by molar-refractivity contribution is 7.92. The highest BCUT2D eigenvalue weighted by Gasteiger charge is 2.26. The second kappa shape index (κ2) is 8.54. The summed E-state index contributed by atoms with van der Waals surface area (Å²) in [6.07, 6.45) is 2.46. The van der Waals surface area contributed by atoms with Crippen molar-refractivity contribution in [2.45, 2.75) is 26.7 Å². The molecule has 166 valence electrons. The lowest BCUT2D eigenvalue weighted by atomic mass is 9.99. The van der Waals surface area contributed by atoms with E-state index in [9.17, 15) is 22.8 Å². The first-order chi connectivity index (χ1) is 14.5. The molecule has 0 aliphatic carbocycles. The van der Waals surface area contributed by atoms with Gasteiger partial charge >= 0.3 is 11.9 Å². The van der Waals surface area contributed by atoms with Gasteiger partial charge in [-0.2, -0.15) is 0 Å². The van der Waals surface area contributed by atoms with E-state index >= 15 is 0 Å². The molecular weight excluding hydrogens is 424 g/mol. The topological polar surface area (TPSA) is 123 Å². The molecule has 0 fully saturated rings. The lowest BCUT2D eigenvalue weighted by Crippen LogP contribution is -2.34. The van der Waals surface area contributed by atoms with Crippen LogP contribution in [0.1, 0.15) is 54.4 Å². The Morgan fingerprint density at radius 1 is 1.16 bits per heavy atom. The smallest absolute Gasteiger partial charge is 0.355 e. The van der Waals surface area contributed by atoms with E-state index in [1.165, 1.54) is 17.5 Å². The molecule has 2 aromatic rings. The van der Waals surface area contributed by atoms with E-state index in [1.54, 1.807) is 26.0 Å². The number of rotatable bonds is 6. The van der Waals surface area contributed by atoms with Crippen LogP contribution < -0.4 is 4.31 Å². The van der Waals surface area contributed by atoms with Crippen molar-refractivity contribution < 1.29 is 32.3 Å². The number of Topliss-reactive ketones (excluding diaryl/α,β-unsaturated/α-hetero) is 1. The molecule has 0 amide bonds. The minimum atomic E-state index is -3.40. The number of hydrogen-bond acceptors (Lipinski definition) is 7. The molecule has 31 heavy (non-hydrogen) atoms. The molecule has 0 saturated heterocycles. The number of aromatic amines is 1. The van der Waals surface area contributed by atoms with Gasteiger partial charge in [0.2, 0.25) is 10.0 Å². The second-order valence-corrected chi connectivity index (χ2v) is 9.30. The predicted molar refractivity (Wildman–Crippen MR) is 113 cm³/mol. The maximum absolute atomic E-state index is 12.6. The number of carbonyl (C=O) groups excluding carboxylic acids is 3. The maximum Gasteiger partial charge on any atom is 0.355 e. The van der Waals surface area contributed by atoms with Crippen LogP contribution in [0.25, 0.3) is 0 Å². The molecule has 1 aliphatic rings. The molecule has 0 saturated carbocycles. The summed E-state index contributed by atoms with van der Waals surface area (Å²) >= 11 is 0.